The van der Waals surface area contributed by atoms with Crippen LogP contribution in [0.2, 0.25) is 10.0 Å². The van der Waals surface area contributed by atoms with Gasteiger partial charge in [-0.3, -0.25) is 9.08 Å². The molecule has 0 fully saturated rings. The molecule has 0 radical (unpaired) electrons. The van der Waals surface area contributed by atoms with Crippen molar-refractivity contribution < 1.29 is 0 Å². The SMILES string of the molecule is CCCn1cc(-c2nc3c(Cl)cc(Cl)cn3c2N)cn1. The van der Waals surface area contributed by atoms with E-state index in [0.717, 1.165) is 18.5 Å². The molecule has 0 aliphatic heterocycles. The molecule has 0 aliphatic rings. The van der Waals surface area contributed by atoms with Crippen LogP contribution in [-0.4, -0.2) is 19.2 Å². The number of aryl methyl sites for hydroxylation is 1. The smallest absolute Gasteiger partial charge is 0.158 e. The maximum Gasteiger partial charge on any atom is 0.158 e. The van der Waals surface area contributed by atoms with Gasteiger partial charge >= 0.3 is 0 Å². The molecule has 5 nitrogen and oxygen atoms in total. The van der Waals surface area contributed by atoms with Crippen LogP contribution in [0.1, 0.15) is 13.3 Å². The van der Waals surface area contributed by atoms with E-state index in [9.17, 15) is 0 Å². The van der Waals surface area contributed by atoms with Crippen molar-refractivity contribution in [3.63, 3.8) is 0 Å². The fourth-order valence-electron chi connectivity index (χ4n) is 2.14. The van der Waals surface area contributed by atoms with E-state index in [1.165, 1.54) is 0 Å². The molecule has 0 saturated heterocycles. The molecule has 3 aromatic rings. The Morgan fingerprint density at radius 3 is 2.85 bits per heavy atom. The van der Waals surface area contributed by atoms with Gasteiger partial charge in [0.15, 0.2) is 5.65 Å². The largest absolute Gasteiger partial charge is 0.383 e. The van der Waals surface area contributed by atoms with Gasteiger partial charge in [-0.2, -0.15) is 5.10 Å². The van der Waals surface area contributed by atoms with Crippen LogP contribution in [0.15, 0.2) is 24.7 Å². The van der Waals surface area contributed by atoms with Crippen molar-refractivity contribution in [2.45, 2.75) is 19.9 Å². The van der Waals surface area contributed by atoms with Crippen molar-refractivity contribution in [2.75, 3.05) is 5.73 Å². The molecule has 7 heteroatoms. The second kappa shape index (κ2) is 5.00. The van der Waals surface area contributed by atoms with Gasteiger partial charge in [-0.15, -0.1) is 0 Å². The van der Waals surface area contributed by atoms with Gasteiger partial charge in [-0.25, -0.2) is 4.98 Å². The lowest BCUT2D eigenvalue weighted by atomic mass is 10.2. The van der Waals surface area contributed by atoms with Gasteiger partial charge in [0.2, 0.25) is 0 Å². The Labute approximate surface area is 125 Å². The molecule has 0 bridgehead atoms. The minimum Gasteiger partial charge on any atom is -0.383 e. The van der Waals surface area contributed by atoms with Gasteiger partial charge in [0.05, 0.1) is 16.2 Å². The third-order valence-corrected chi connectivity index (χ3v) is 3.52. The Kier molecular flexibility index (Phi) is 3.31. The molecule has 3 aromatic heterocycles. The highest BCUT2D eigenvalue weighted by Crippen LogP contribution is 2.30. The van der Waals surface area contributed by atoms with Crippen LogP contribution in [0.3, 0.4) is 0 Å². The normalized spacial score (nSPS) is 11.3. The van der Waals surface area contributed by atoms with Crippen LogP contribution in [-0.2, 0) is 6.54 Å². The fourth-order valence-corrected chi connectivity index (χ4v) is 2.65. The molecule has 2 N–H and O–H groups in total. The van der Waals surface area contributed by atoms with Crippen molar-refractivity contribution in [2.24, 2.45) is 0 Å². The number of nitrogens with zero attached hydrogens (tertiary/aromatic N) is 4. The second-order valence-corrected chi connectivity index (χ2v) is 5.38. The summed E-state index contributed by atoms with van der Waals surface area (Å²) in [6, 6.07) is 1.65. The summed E-state index contributed by atoms with van der Waals surface area (Å²) in [5.41, 5.74) is 8.26. The third kappa shape index (κ3) is 2.13. The number of fused-ring (bicyclic) bond motifs is 1. The van der Waals surface area contributed by atoms with Crippen LogP contribution in [0, 0.1) is 0 Å². The molecule has 104 valence electrons. The van der Waals surface area contributed by atoms with Crippen molar-refractivity contribution in [1.82, 2.24) is 19.2 Å². The molecular formula is C13H13Cl2N5. The molecule has 0 unspecified atom stereocenters. The van der Waals surface area contributed by atoms with E-state index in [2.05, 4.69) is 17.0 Å². The first-order valence-corrected chi connectivity index (χ1v) is 7.01. The van der Waals surface area contributed by atoms with Gasteiger partial charge in [0, 0.05) is 24.5 Å². The Hall–Kier alpha value is -1.72. The summed E-state index contributed by atoms with van der Waals surface area (Å²) in [7, 11) is 0. The molecule has 20 heavy (non-hydrogen) atoms. The molecular weight excluding hydrogens is 297 g/mol. The lowest BCUT2D eigenvalue weighted by Gasteiger charge is -1.99. The monoisotopic (exact) mass is 309 g/mol. The first-order valence-electron chi connectivity index (χ1n) is 6.25. The van der Waals surface area contributed by atoms with Crippen molar-refractivity contribution in [3.05, 3.63) is 34.7 Å². The lowest BCUT2D eigenvalue weighted by Crippen LogP contribution is -1.96. The summed E-state index contributed by atoms with van der Waals surface area (Å²) in [6.07, 6.45) is 6.40. The number of halogens is 2. The van der Waals surface area contributed by atoms with E-state index in [1.807, 2.05) is 10.9 Å². The maximum absolute atomic E-state index is 6.15. The predicted octanol–water partition coefficient (Wildman–Crippen LogP) is 3.50. The number of imidazole rings is 1. The topological polar surface area (TPSA) is 61.1 Å². The number of hydrogen-bond acceptors (Lipinski definition) is 3. The van der Waals surface area contributed by atoms with Crippen molar-refractivity contribution in [1.29, 1.82) is 0 Å². The van der Waals surface area contributed by atoms with Gasteiger partial charge in [-0.1, -0.05) is 30.1 Å². The number of rotatable bonds is 3. The predicted molar refractivity (Wildman–Crippen MR) is 81.1 cm³/mol. The van der Waals surface area contributed by atoms with Gasteiger partial charge < -0.3 is 5.73 Å². The first-order chi connectivity index (χ1) is 9.60. The number of nitrogens with two attached hydrogens (primary N) is 1. The van der Waals surface area contributed by atoms with Gasteiger partial charge in [0.25, 0.3) is 0 Å². The van der Waals surface area contributed by atoms with E-state index in [1.54, 1.807) is 22.9 Å². The van der Waals surface area contributed by atoms with E-state index < -0.39 is 0 Å². The van der Waals surface area contributed by atoms with E-state index in [-0.39, 0.29) is 0 Å². The molecule has 0 amide bonds. The molecule has 0 aliphatic carbocycles. The molecule has 0 atom stereocenters. The summed E-state index contributed by atoms with van der Waals surface area (Å²) >= 11 is 12.1. The molecule has 0 aromatic carbocycles. The second-order valence-electron chi connectivity index (χ2n) is 4.54. The zero-order valence-electron chi connectivity index (χ0n) is 10.8. The Morgan fingerprint density at radius 1 is 1.30 bits per heavy atom. The number of anilines is 1. The number of nitrogen functional groups attached to an aromatic ring is 1. The van der Waals surface area contributed by atoms with Crippen LogP contribution in [0.25, 0.3) is 16.9 Å². The average Bonchev–Trinajstić information content (AvgIpc) is 2.96. The Morgan fingerprint density at radius 2 is 2.10 bits per heavy atom. The summed E-state index contributed by atoms with van der Waals surface area (Å²) in [5.74, 6) is 0.500. The van der Waals surface area contributed by atoms with Crippen LogP contribution in [0.4, 0.5) is 5.82 Å². The lowest BCUT2D eigenvalue weighted by molar-refractivity contribution is 0.603. The highest BCUT2D eigenvalue weighted by atomic mass is 35.5. The highest BCUT2D eigenvalue weighted by molar-refractivity contribution is 6.36. The molecule has 0 spiro atoms. The average molecular weight is 310 g/mol. The minimum atomic E-state index is 0.469. The van der Waals surface area contributed by atoms with Gasteiger partial charge in [0.1, 0.15) is 11.5 Å². The quantitative estimate of drug-likeness (QED) is 0.805. The zero-order chi connectivity index (χ0) is 14.3. The van der Waals surface area contributed by atoms with Crippen LogP contribution < -0.4 is 5.73 Å². The number of pyridine rings is 1. The third-order valence-electron chi connectivity index (χ3n) is 3.04. The van der Waals surface area contributed by atoms with Crippen molar-refractivity contribution >= 4 is 34.7 Å². The number of aromatic nitrogens is 4. The summed E-state index contributed by atoms with van der Waals surface area (Å²) in [5, 5.41) is 5.27. The number of hydrogen-bond donors (Lipinski definition) is 1. The van der Waals surface area contributed by atoms with E-state index >= 15 is 0 Å². The highest BCUT2D eigenvalue weighted by Gasteiger charge is 2.15. The zero-order valence-corrected chi connectivity index (χ0v) is 12.4. The summed E-state index contributed by atoms with van der Waals surface area (Å²) in [4.78, 5) is 4.49. The summed E-state index contributed by atoms with van der Waals surface area (Å²) in [6.45, 7) is 2.96. The fraction of sp³-hybridized carbons (Fsp3) is 0.231. The van der Waals surface area contributed by atoms with Crippen LogP contribution in [0.5, 0.6) is 0 Å². The van der Waals surface area contributed by atoms with Crippen molar-refractivity contribution in [3.8, 4) is 11.3 Å². The van der Waals surface area contributed by atoms with Crippen LogP contribution >= 0.6 is 23.2 Å². The molecule has 0 saturated carbocycles. The Bertz CT molecular complexity index is 775. The molecule has 3 rings (SSSR count). The standard InChI is InChI=1S/C13H13Cl2N5/c1-2-3-19-6-8(5-17-19)11-12(16)20-7-9(14)4-10(15)13(20)18-11/h4-7H,2-3,16H2,1H3. The minimum absolute atomic E-state index is 0.469. The maximum atomic E-state index is 6.15. The van der Waals surface area contributed by atoms with E-state index in [0.29, 0.717) is 27.2 Å². The first kappa shape index (κ1) is 13.3. The summed E-state index contributed by atoms with van der Waals surface area (Å²) < 4.78 is 3.56. The van der Waals surface area contributed by atoms with Gasteiger partial charge in [-0.05, 0) is 12.5 Å². The Balaban J connectivity index is 2.16. The van der Waals surface area contributed by atoms with E-state index in [4.69, 9.17) is 28.9 Å². The molecule has 3 heterocycles.